The van der Waals surface area contributed by atoms with Crippen molar-refractivity contribution in [1.29, 1.82) is 0 Å². The highest BCUT2D eigenvalue weighted by atomic mass is 16.5. The quantitative estimate of drug-likeness (QED) is 0.823. The minimum absolute atomic E-state index is 0.0137. The standard InChI is InChI=1S/C20H25N3O4/c1-2-27-20(26)13-7-10-22(11-8-13)19(25)14-5-6-16-15(12-14)21-18(24)17-4-3-9-23(16)17/h5-6,12-13,17H,2-4,7-11H2,1H3,(H,21,24). The van der Waals surface area contributed by atoms with Crippen molar-refractivity contribution in [2.75, 3.05) is 36.5 Å². The van der Waals surface area contributed by atoms with E-state index in [0.717, 1.165) is 25.1 Å². The molecule has 2 amide bonds. The van der Waals surface area contributed by atoms with Crippen molar-refractivity contribution in [3.05, 3.63) is 23.8 Å². The number of esters is 1. The molecule has 0 spiro atoms. The van der Waals surface area contributed by atoms with Crippen molar-refractivity contribution in [2.45, 2.75) is 38.6 Å². The molecule has 144 valence electrons. The molecule has 0 aliphatic carbocycles. The maximum Gasteiger partial charge on any atom is 0.309 e. The van der Waals surface area contributed by atoms with Crippen LogP contribution >= 0.6 is 0 Å². The normalized spacial score (nSPS) is 22.1. The minimum atomic E-state index is -0.166. The van der Waals surface area contributed by atoms with Gasteiger partial charge in [0.25, 0.3) is 5.91 Å². The Kier molecular flexibility index (Phi) is 4.76. The molecule has 7 heteroatoms. The number of ether oxygens (including phenoxy) is 1. The van der Waals surface area contributed by atoms with Crippen LogP contribution in [-0.2, 0) is 14.3 Å². The van der Waals surface area contributed by atoms with Crippen molar-refractivity contribution < 1.29 is 19.1 Å². The maximum absolute atomic E-state index is 12.9. The number of rotatable bonds is 3. The first-order chi connectivity index (χ1) is 13.1. The molecule has 0 bridgehead atoms. The van der Waals surface area contributed by atoms with E-state index in [0.29, 0.717) is 43.8 Å². The van der Waals surface area contributed by atoms with Crippen LogP contribution in [0.1, 0.15) is 43.0 Å². The first-order valence-electron chi connectivity index (χ1n) is 9.76. The molecule has 4 rings (SSSR count). The topological polar surface area (TPSA) is 79.0 Å². The highest BCUT2D eigenvalue weighted by Crippen LogP contribution is 2.37. The summed E-state index contributed by atoms with van der Waals surface area (Å²) in [5, 5.41) is 2.95. The Balaban J connectivity index is 1.45. The molecule has 27 heavy (non-hydrogen) atoms. The molecule has 1 unspecified atom stereocenters. The van der Waals surface area contributed by atoms with Gasteiger partial charge < -0.3 is 19.9 Å². The van der Waals surface area contributed by atoms with Gasteiger partial charge in [0, 0.05) is 25.2 Å². The number of carbonyl (C=O) groups excluding carboxylic acids is 3. The maximum atomic E-state index is 12.9. The van der Waals surface area contributed by atoms with Gasteiger partial charge in [-0.3, -0.25) is 14.4 Å². The summed E-state index contributed by atoms with van der Waals surface area (Å²) in [6.45, 7) is 4.14. The van der Waals surface area contributed by atoms with Crippen molar-refractivity contribution in [3.8, 4) is 0 Å². The molecule has 1 aromatic carbocycles. The number of piperidine rings is 1. The Morgan fingerprint density at radius 1 is 1.19 bits per heavy atom. The Labute approximate surface area is 158 Å². The van der Waals surface area contributed by atoms with Crippen LogP contribution in [0.5, 0.6) is 0 Å². The summed E-state index contributed by atoms with van der Waals surface area (Å²) in [7, 11) is 0. The number of hydrogen-bond acceptors (Lipinski definition) is 5. The molecular weight excluding hydrogens is 346 g/mol. The summed E-state index contributed by atoms with van der Waals surface area (Å²) in [4.78, 5) is 40.9. The molecular formula is C20H25N3O4. The van der Waals surface area contributed by atoms with Crippen LogP contribution in [0.15, 0.2) is 18.2 Å². The zero-order valence-electron chi connectivity index (χ0n) is 15.6. The highest BCUT2D eigenvalue weighted by Gasteiger charge is 2.36. The predicted octanol–water partition coefficient (Wildman–Crippen LogP) is 2.02. The first-order valence-corrected chi connectivity index (χ1v) is 9.76. The number of fused-ring (bicyclic) bond motifs is 3. The lowest BCUT2D eigenvalue weighted by atomic mass is 9.96. The molecule has 1 aromatic rings. The van der Waals surface area contributed by atoms with Crippen molar-refractivity contribution >= 4 is 29.2 Å². The second kappa shape index (κ2) is 7.21. The van der Waals surface area contributed by atoms with Crippen LogP contribution in [-0.4, -0.2) is 55.0 Å². The van der Waals surface area contributed by atoms with Crippen molar-refractivity contribution in [2.24, 2.45) is 5.92 Å². The number of anilines is 2. The summed E-state index contributed by atoms with van der Waals surface area (Å²) < 4.78 is 5.08. The second-order valence-electron chi connectivity index (χ2n) is 7.39. The second-order valence-corrected chi connectivity index (χ2v) is 7.39. The summed E-state index contributed by atoms with van der Waals surface area (Å²) in [6.07, 6.45) is 3.14. The zero-order valence-corrected chi connectivity index (χ0v) is 15.6. The number of amides is 2. The Morgan fingerprint density at radius 2 is 1.96 bits per heavy atom. The lowest BCUT2D eigenvalue weighted by Gasteiger charge is -2.34. The number of likely N-dealkylation sites (tertiary alicyclic amines) is 1. The largest absolute Gasteiger partial charge is 0.466 e. The van der Waals surface area contributed by atoms with Crippen LogP contribution in [0.4, 0.5) is 11.4 Å². The van der Waals surface area contributed by atoms with Crippen molar-refractivity contribution in [1.82, 2.24) is 4.90 Å². The van der Waals surface area contributed by atoms with Crippen molar-refractivity contribution in [3.63, 3.8) is 0 Å². The molecule has 7 nitrogen and oxygen atoms in total. The van der Waals surface area contributed by atoms with Crippen LogP contribution in [0, 0.1) is 5.92 Å². The number of carbonyl (C=O) groups is 3. The fourth-order valence-electron chi connectivity index (χ4n) is 4.32. The molecule has 0 radical (unpaired) electrons. The van der Waals surface area contributed by atoms with E-state index in [1.54, 1.807) is 17.9 Å². The number of nitrogens with one attached hydrogen (secondary N) is 1. The average molecular weight is 371 g/mol. The van der Waals surface area contributed by atoms with Gasteiger partial charge in [-0.25, -0.2) is 0 Å². The lowest BCUT2D eigenvalue weighted by Crippen LogP contribution is -2.44. The van der Waals surface area contributed by atoms with E-state index in [1.165, 1.54) is 0 Å². The third kappa shape index (κ3) is 3.26. The molecule has 3 heterocycles. The summed E-state index contributed by atoms with van der Waals surface area (Å²) in [6, 6.07) is 5.47. The van der Waals surface area contributed by atoms with E-state index in [2.05, 4.69) is 10.2 Å². The predicted molar refractivity (Wildman–Crippen MR) is 101 cm³/mol. The van der Waals surface area contributed by atoms with Gasteiger partial charge in [-0.05, 0) is 50.8 Å². The Hall–Kier alpha value is -2.57. The first kappa shape index (κ1) is 17.8. The molecule has 2 saturated heterocycles. The van der Waals surface area contributed by atoms with Crippen LogP contribution in [0.25, 0.3) is 0 Å². The molecule has 3 aliphatic rings. The van der Waals surface area contributed by atoms with Gasteiger partial charge >= 0.3 is 5.97 Å². The highest BCUT2D eigenvalue weighted by molar-refractivity contribution is 6.06. The smallest absolute Gasteiger partial charge is 0.309 e. The van der Waals surface area contributed by atoms with E-state index in [-0.39, 0.29) is 29.7 Å². The van der Waals surface area contributed by atoms with E-state index in [4.69, 9.17) is 4.74 Å². The van der Waals surface area contributed by atoms with Gasteiger partial charge in [0.15, 0.2) is 0 Å². The molecule has 0 aromatic heterocycles. The monoisotopic (exact) mass is 371 g/mol. The van der Waals surface area contributed by atoms with E-state index < -0.39 is 0 Å². The average Bonchev–Trinajstić information content (AvgIpc) is 3.18. The van der Waals surface area contributed by atoms with Crippen LogP contribution < -0.4 is 10.2 Å². The van der Waals surface area contributed by atoms with Gasteiger partial charge in [0.05, 0.1) is 23.9 Å². The van der Waals surface area contributed by atoms with Gasteiger partial charge in [0.1, 0.15) is 6.04 Å². The molecule has 3 aliphatic heterocycles. The number of benzene rings is 1. The van der Waals surface area contributed by atoms with Crippen LogP contribution in [0.3, 0.4) is 0 Å². The fourth-order valence-corrected chi connectivity index (χ4v) is 4.32. The molecule has 2 fully saturated rings. The Morgan fingerprint density at radius 3 is 2.70 bits per heavy atom. The summed E-state index contributed by atoms with van der Waals surface area (Å²) >= 11 is 0. The van der Waals surface area contributed by atoms with E-state index in [9.17, 15) is 14.4 Å². The molecule has 1 atom stereocenters. The van der Waals surface area contributed by atoms with Gasteiger partial charge in [-0.1, -0.05) is 0 Å². The van der Waals surface area contributed by atoms with Gasteiger partial charge in [-0.2, -0.15) is 0 Å². The third-order valence-electron chi connectivity index (χ3n) is 5.77. The SMILES string of the molecule is CCOC(=O)C1CCN(C(=O)c2ccc3c(c2)NC(=O)C2CCCN32)CC1. The third-order valence-corrected chi connectivity index (χ3v) is 5.77. The fraction of sp³-hybridized carbons (Fsp3) is 0.550. The lowest BCUT2D eigenvalue weighted by molar-refractivity contribution is -0.149. The van der Waals surface area contributed by atoms with Gasteiger partial charge in [-0.15, -0.1) is 0 Å². The number of hydrogen-bond donors (Lipinski definition) is 1. The Bertz CT molecular complexity index is 770. The minimum Gasteiger partial charge on any atom is -0.466 e. The van der Waals surface area contributed by atoms with E-state index >= 15 is 0 Å². The number of nitrogens with zero attached hydrogens (tertiary/aromatic N) is 2. The van der Waals surface area contributed by atoms with Gasteiger partial charge in [0.2, 0.25) is 5.91 Å². The van der Waals surface area contributed by atoms with Crippen LogP contribution in [0.2, 0.25) is 0 Å². The van der Waals surface area contributed by atoms with E-state index in [1.807, 2.05) is 12.1 Å². The molecule has 1 N–H and O–H groups in total. The molecule has 0 saturated carbocycles. The summed E-state index contributed by atoms with van der Waals surface area (Å²) in [5.41, 5.74) is 2.28. The summed E-state index contributed by atoms with van der Waals surface area (Å²) in [5.74, 6) is -0.331. The zero-order chi connectivity index (χ0) is 19.0.